The first-order chi connectivity index (χ1) is 9.24. The van der Waals surface area contributed by atoms with Crippen molar-refractivity contribution in [1.82, 2.24) is 9.97 Å². The molecule has 3 rings (SSSR count). The zero-order valence-electron chi connectivity index (χ0n) is 11.1. The molecule has 2 aromatic rings. The van der Waals surface area contributed by atoms with Crippen molar-refractivity contribution in [2.75, 3.05) is 0 Å². The van der Waals surface area contributed by atoms with Crippen molar-refractivity contribution >= 4 is 0 Å². The van der Waals surface area contributed by atoms with Gasteiger partial charge in [-0.2, -0.15) is 0 Å². The summed E-state index contributed by atoms with van der Waals surface area (Å²) >= 11 is 0. The molecule has 1 aromatic carbocycles. The Balaban J connectivity index is 1.88. The van der Waals surface area contributed by atoms with E-state index in [-0.39, 0.29) is 0 Å². The molecule has 1 aliphatic rings. The van der Waals surface area contributed by atoms with E-state index in [1.807, 2.05) is 19.1 Å². The van der Waals surface area contributed by atoms with E-state index in [9.17, 15) is 5.11 Å². The van der Waals surface area contributed by atoms with Gasteiger partial charge < -0.3 is 5.11 Å². The van der Waals surface area contributed by atoms with Crippen LogP contribution in [-0.4, -0.2) is 15.1 Å². The molecule has 0 spiro atoms. The van der Waals surface area contributed by atoms with Gasteiger partial charge in [-0.1, -0.05) is 30.7 Å². The Morgan fingerprint density at radius 3 is 2.79 bits per heavy atom. The number of hydrogen-bond donors (Lipinski definition) is 1. The zero-order valence-corrected chi connectivity index (χ0v) is 11.1. The fourth-order valence-corrected chi connectivity index (χ4v) is 2.52. The number of nitrogens with zero attached hydrogens (tertiary/aromatic N) is 2. The SMILES string of the molecule is Cc1nccc(C(O)c2cccc(C3CCC3)c2)n1. The molecule has 19 heavy (non-hydrogen) atoms. The molecule has 1 heterocycles. The maximum atomic E-state index is 10.4. The Kier molecular flexibility index (Phi) is 3.30. The fraction of sp³-hybridized carbons (Fsp3) is 0.375. The minimum absolute atomic E-state index is 0.665. The maximum absolute atomic E-state index is 10.4. The van der Waals surface area contributed by atoms with E-state index in [0.717, 1.165) is 5.56 Å². The van der Waals surface area contributed by atoms with Gasteiger partial charge in [-0.05, 0) is 42.9 Å². The molecule has 1 aliphatic carbocycles. The Hall–Kier alpha value is -1.74. The molecule has 3 nitrogen and oxygen atoms in total. The fourth-order valence-electron chi connectivity index (χ4n) is 2.52. The number of aliphatic hydroxyl groups is 1. The van der Waals surface area contributed by atoms with Crippen LogP contribution in [0.2, 0.25) is 0 Å². The molecule has 1 atom stereocenters. The van der Waals surface area contributed by atoms with E-state index < -0.39 is 6.10 Å². The van der Waals surface area contributed by atoms with Gasteiger partial charge in [0.15, 0.2) is 0 Å². The van der Waals surface area contributed by atoms with Gasteiger partial charge in [-0.3, -0.25) is 0 Å². The number of benzene rings is 1. The second-order valence-corrected chi connectivity index (χ2v) is 5.23. The minimum atomic E-state index is -0.665. The summed E-state index contributed by atoms with van der Waals surface area (Å²) < 4.78 is 0. The van der Waals surface area contributed by atoms with Gasteiger partial charge >= 0.3 is 0 Å². The van der Waals surface area contributed by atoms with Crippen molar-refractivity contribution in [1.29, 1.82) is 0 Å². The summed E-state index contributed by atoms with van der Waals surface area (Å²) in [6.45, 7) is 1.83. The van der Waals surface area contributed by atoms with Crippen LogP contribution in [0, 0.1) is 6.92 Å². The standard InChI is InChI=1S/C16H18N2O/c1-11-17-9-8-15(18-11)16(19)14-7-3-6-13(10-14)12-4-2-5-12/h3,6-10,12,16,19H,2,4-5H2,1H3. The Morgan fingerprint density at radius 2 is 2.11 bits per heavy atom. The van der Waals surface area contributed by atoms with E-state index in [2.05, 4.69) is 22.1 Å². The molecule has 0 radical (unpaired) electrons. The number of aromatic nitrogens is 2. The first kappa shape index (κ1) is 12.3. The molecule has 1 fully saturated rings. The monoisotopic (exact) mass is 254 g/mol. The zero-order chi connectivity index (χ0) is 13.2. The van der Waals surface area contributed by atoms with Gasteiger partial charge in [0.05, 0.1) is 5.69 Å². The first-order valence-corrected chi connectivity index (χ1v) is 6.81. The van der Waals surface area contributed by atoms with Gasteiger partial charge in [0.1, 0.15) is 11.9 Å². The third-order valence-corrected chi connectivity index (χ3v) is 3.88. The van der Waals surface area contributed by atoms with Crippen LogP contribution in [0.4, 0.5) is 0 Å². The van der Waals surface area contributed by atoms with Crippen LogP contribution < -0.4 is 0 Å². The summed E-state index contributed by atoms with van der Waals surface area (Å²) in [7, 11) is 0. The lowest BCUT2D eigenvalue weighted by molar-refractivity contribution is 0.214. The third kappa shape index (κ3) is 2.51. The van der Waals surface area contributed by atoms with Gasteiger partial charge in [0.25, 0.3) is 0 Å². The maximum Gasteiger partial charge on any atom is 0.125 e. The summed E-state index contributed by atoms with van der Waals surface area (Å²) in [6, 6.07) is 10.0. The lowest BCUT2D eigenvalue weighted by atomic mass is 9.79. The van der Waals surface area contributed by atoms with Crippen molar-refractivity contribution in [3.8, 4) is 0 Å². The van der Waals surface area contributed by atoms with Gasteiger partial charge in [0.2, 0.25) is 0 Å². The highest BCUT2D eigenvalue weighted by molar-refractivity contribution is 5.32. The van der Waals surface area contributed by atoms with E-state index in [1.165, 1.54) is 24.8 Å². The van der Waals surface area contributed by atoms with Crippen LogP contribution in [-0.2, 0) is 0 Å². The van der Waals surface area contributed by atoms with Gasteiger partial charge in [-0.25, -0.2) is 9.97 Å². The molecule has 0 saturated heterocycles. The van der Waals surface area contributed by atoms with Gasteiger partial charge in [-0.15, -0.1) is 0 Å². The molecule has 1 unspecified atom stereocenters. The summed E-state index contributed by atoms with van der Waals surface area (Å²) in [5.74, 6) is 1.37. The predicted molar refractivity (Wildman–Crippen MR) is 73.9 cm³/mol. The Labute approximate surface area is 113 Å². The topological polar surface area (TPSA) is 46.0 Å². The molecular formula is C16H18N2O. The summed E-state index contributed by atoms with van der Waals surface area (Å²) in [6.07, 6.45) is 4.89. The normalized spacial score (nSPS) is 16.9. The average molecular weight is 254 g/mol. The molecule has 3 heteroatoms. The molecule has 0 amide bonds. The highest BCUT2D eigenvalue weighted by Gasteiger charge is 2.21. The van der Waals surface area contributed by atoms with Crippen molar-refractivity contribution in [2.24, 2.45) is 0 Å². The molecule has 1 saturated carbocycles. The largest absolute Gasteiger partial charge is 0.382 e. The van der Waals surface area contributed by atoms with Crippen LogP contribution in [0.1, 0.15) is 53.9 Å². The smallest absolute Gasteiger partial charge is 0.125 e. The summed E-state index contributed by atoms with van der Waals surface area (Å²) in [5.41, 5.74) is 2.93. The Morgan fingerprint density at radius 1 is 1.26 bits per heavy atom. The molecule has 0 bridgehead atoms. The lowest BCUT2D eigenvalue weighted by Gasteiger charge is -2.26. The van der Waals surface area contributed by atoms with E-state index in [4.69, 9.17) is 0 Å². The van der Waals surface area contributed by atoms with E-state index in [1.54, 1.807) is 12.3 Å². The van der Waals surface area contributed by atoms with Crippen molar-refractivity contribution in [2.45, 2.75) is 38.2 Å². The van der Waals surface area contributed by atoms with Crippen LogP contribution in [0.3, 0.4) is 0 Å². The minimum Gasteiger partial charge on any atom is -0.382 e. The third-order valence-electron chi connectivity index (χ3n) is 3.88. The number of hydrogen-bond acceptors (Lipinski definition) is 3. The highest BCUT2D eigenvalue weighted by atomic mass is 16.3. The number of aliphatic hydroxyl groups excluding tert-OH is 1. The van der Waals surface area contributed by atoms with Gasteiger partial charge in [0, 0.05) is 6.20 Å². The lowest BCUT2D eigenvalue weighted by Crippen LogP contribution is -2.10. The van der Waals surface area contributed by atoms with Crippen LogP contribution in [0.15, 0.2) is 36.5 Å². The molecule has 0 aliphatic heterocycles. The first-order valence-electron chi connectivity index (χ1n) is 6.81. The summed E-state index contributed by atoms with van der Waals surface area (Å²) in [5, 5.41) is 10.4. The van der Waals surface area contributed by atoms with Crippen molar-refractivity contribution < 1.29 is 5.11 Å². The van der Waals surface area contributed by atoms with Crippen LogP contribution in [0.5, 0.6) is 0 Å². The number of aryl methyl sites for hydroxylation is 1. The van der Waals surface area contributed by atoms with Crippen molar-refractivity contribution in [3.63, 3.8) is 0 Å². The van der Waals surface area contributed by atoms with E-state index in [0.29, 0.717) is 17.4 Å². The second kappa shape index (κ2) is 5.10. The number of rotatable bonds is 3. The molecule has 98 valence electrons. The predicted octanol–water partition coefficient (Wildman–Crippen LogP) is 3.13. The molecular weight excluding hydrogens is 236 g/mol. The second-order valence-electron chi connectivity index (χ2n) is 5.23. The molecule has 1 aromatic heterocycles. The van der Waals surface area contributed by atoms with E-state index >= 15 is 0 Å². The highest BCUT2D eigenvalue weighted by Crippen LogP contribution is 2.37. The van der Waals surface area contributed by atoms with Crippen LogP contribution in [0.25, 0.3) is 0 Å². The quantitative estimate of drug-likeness (QED) is 0.915. The molecule has 1 N–H and O–H groups in total. The van der Waals surface area contributed by atoms with Crippen LogP contribution >= 0.6 is 0 Å². The Bertz CT molecular complexity index is 578. The average Bonchev–Trinajstić information content (AvgIpc) is 2.36. The van der Waals surface area contributed by atoms with Crippen molar-refractivity contribution in [3.05, 3.63) is 59.2 Å². The summed E-state index contributed by atoms with van der Waals surface area (Å²) in [4.78, 5) is 8.36.